The van der Waals surface area contributed by atoms with E-state index in [0.29, 0.717) is 0 Å². The Morgan fingerprint density at radius 1 is 1.00 bits per heavy atom. The van der Waals surface area contributed by atoms with E-state index in [1.54, 1.807) is 0 Å². The van der Waals surface area contributed by atoms with Gasteiger partial charge in [-0.15, -0.1) is 0 Å². The predicted octanol–water partition coefficient (Wildman–Crippen LogP) is 1.59. The molecule has 0 bridgehead atoms. The first-order valence-corrected chi connectivity index (χ1v) is 2.53. The maximum absolute atomic E-state index is 2.18. The fourth-order valence-electron chi connectivity index (χ4n) is 0.836. The van der Waals surface area contributed by atoms with Crippen LogP contribution in [0.25, 0.3) is 0 Å². The van der Waals surface area contributed by atoms with Gasteiger partial charge in [-0.05, 0) is 17.5 Å². The van der Waals surface area contributed by atoms with Crippen LogP contribution in [0.3, 0.4) is 0 Å². The molecule has 0 radical (unpaired) electrons. The molecule has 0 spiro atoms. The molecule has 0 saturated carbocycles. The van der Waals surface area contributed by atoms with E-state index in [0.717, 1.165) is 0 Å². The van der Waals surface area contributed by atoms with E-state index in [1.807, 2.05) is 0 Å². The first-order chi connectivity index (χ1) is 3.47. The van der Waals surface area contributed by atoms with Crippen LogP contribution in [0, 0.1) is 0 Å². The largest absolute Gasteiger partial charge is 0.0620 e. The Morgan fingerprint density at radius 2 is 1.57 bits per heavy atom. The summed E-state index contributed by atoms with van der Waals surface area (Å²) < 4.78 is 0. The molecule has 0 fully saturated rings. The molecular formula is C7H6. The normalized spacial score (nSPS) is 13.1. The van der Waals surface area contributed by atoms with E-state index >= 15 is 0 Å². The van der Waals surface area contributed by atoms with Crippen LogP contribution in [-0.4, -0.2) is 0 Å². The Labute approximate surface area is 42.8 Å². The third-order valence-corrected chi connectivity index (χ3v) is 1.37. The maximum atomic E-state index is 2.18. The van der Waals surface area contributed by atoms with Crippen molar-refractivity contribution >= 4 is 0 Å². The van der Waals surface area contributed by atoms with Gasteiger partial charge in [-0.2, -0.15) is 0 Å². The van der Waals surface area contributed by atoms with Crippen LogP contribution < -0.4 is 0 Å². The minimum absolute atomic E-state index is 1.24. The van der Waals surface area contributed by atoms with E-state index in [1.165, 1.54) is 17.5 Å². The second kappa shape index (κ2) is 0.890. The molecule has 1 aliphatic carbocycles. The van der Waals surface area contributed by atoms with Gasteiger partial charge in [0.15, 0.2) is 0 Å². The zero-order valence-corrected chi connectivity index (χ0v) is 4.02. The summed E-state index contributed by atoms with van der Waals surface area (Å²) in [5.41, 5.74) is 3.06. The number of benzene rings is 1. The number of rotatable bonds is 0. The van der Waals surface area contributed by atoms with Gasteiger partial charge in [0.1, 0.15) is 0 Å². The highest BCUT2D eigenvalue weighted by molar-refractivity contribution is 5.44. The molecule has 34 valence electrons. The van der Waals surface area contributed by atoms with Gasteiger partial charge < -0.3 is 0 Å². The first kappa shape index (κ1) is 3.25. The van der Waals surface area contributed by atoms with Crippen molar-refractivity contribution in [2.24, 2.45) is 0 Å². The van der Waals surface area contributed by atoms with Crippen LogP contribution in [-0.2, 0) is 6.42 Å². The van der Waals surface area contributed by atoms with E-state index in [9.17, 15) is 0 Å². The SMILES string of the molecule is c1ccc2c(c1)C2. The average molecular weight is 90.1 g/mol. The van der Waals surface area contributed by atoms with Crippen molar-refractivity contribution in [3.05, 3.63) is 35.4 Å². The van der Waals surface area contributed by atoms with Crippen LogP contribution in [0.15, 0.2) is 24.3 Å². The highest BCUT2D eigenvalue weighted by Gasteiger charge is 2.12. The van der Waals surface area contributed by atoms with Crippen molar-refractivity contribution in [1.82, 2.24) is 0 Å². The molecule has 0 heteroatoms. The third-order valence-electron chi connectivity index (χ3n) is 1.37. The predicted molar refractivity (Wildman–Crippen MR) is 29.2 cm³/mol. The second-order valence-corrected chi connectivity index (χ2v) is 1.95. The van der Waals surface area contributed by atoms with Crippen molar-refractivity contribution in [3.8, 4) is 0 Å². The monoisotopic (exact) mass is 90.0 g/mol. The molecule has 0 atom stereocenters. The van der Waals surface area contributed by atoms with Crippen LogP contribution in [0.1, 0.15) is 11.1 Å². The lowest BCUT2D eigenvalue weighted by Crippen LogP contribution is -1.48. The van der Waals surface area contributed by atoms with E-state index in [-0.39, 0.29) is 0 Å². The van der Waals surface area contributed by atoms with Crippen LogP contribution in [0.5, 0.6) is 0 Å². The Hall–Kier alpha value is -0.780. The molecule has 0 unspecified atom stereocenters. The van der Waals surface area contributed by atoms with Gasteiger partial charge >= 0.3 is 0 Å². The molecule has 0 amide bonds. The fraction of sp³-hybridized carbons (Fsp3) is 0.143. The molecule has 1 aromatic carbocycles. The molecule has 0 saturated heterocycles. The van der Waals surface area contributed by atoms with E-state index < -0.39 is 0 Å². The van der Waals surface area contributed by atoms with Gasteiger partial charge in [-0.25, -0.2) is 0 Å². The highest BCUT2D eigenvalue weighted by Crippen LogP contribution is 2.25. The number of hydrogen-bond donors (Lipinski definition) is 0. The van der Waals surface area contributed by atoms with Crippen LogP contribution >= 0.6 is 0 Å². The molecule has 7 heavy (non-hydrogen) atoms. The summed E-state index contributed by atoms with van der Waals surface area (Å²) in [6, 6.07) is 8.53. The minimum Gasteiger partial charge on any atom is -0.0620 e. The Kier molecular flexibility index (Phi) is 0.413. The summed E-state index contributed by atoms with van der Waals surface area (Å²) in [7, 11) is 0. The molecule has 1 aromatic rings. The summed E-state index contributed by atoms with van der Waals surface area (Å²) in [5.74, 6) is 0. The average Bonchev–Trinajstić information content (AvgIpc) is 2.41. The molecule has 0 N–H and O–H groups in total. The molecule has 0 aliphatic heterocycles. The Balaban J connectivity index is 2.73. The maximum Gasteiger partial charge on any atom is -0.00201 e. The van der Waals surface area contributed by atoms with Crippen molar-refractivity contribution in [1.29, 1.82) is 0 Å². The van der Waals surface area contributed by atoms with Gasteiger partial charge in [-0.3, -0.25) is 0 Å². The molecule has 0 heterocycles. The number of hydrogen-bond acceptors (Lipinski definition) is 0. The van der Waals surface area contributed by atoms with Crippen LogP contribution in [0.2, 0.25) is 0 Å². The Morgan fingerprint density at radius 3 is 2.00 bits per heavy atom. The second-order valence-electron chi connectivity index (χ2n) is 1.95. The summed E-state index contributed by atoms with van der Waals surface area (Å²) in [6.45, 7) is 0. The van der Waals surface area contributed by atoms with Gasteiger partial charge in [0.05, 0.1) is 0 Å². The van der Waals surface area contributed by atoms with Gasteiger partial charge in [-0.1, -0.05) is 24.3 Å². The summed E-state index contributed by atoms with van der Waals surface area (Å²) in [6.07, 6.45) is 1.24. The summed E-state index contributed by atoms with van der Waals surface area (Å²) in [5, 5.41) is 0. The van der Waals surface area contributed by atoms with E-state index in [4.69, 9.17) is 0 Å². The van der Waals surface area contributed by atoms with Gasteiger partial charge in [0.25, 0.3) is 0 Å². The zero-order valence-electron chi connectivity index (χ0n) is 4.02. The fourth-order valence-corrected chi connectivity index (χ4v) is 0.836. The van der Waals surface area contributed by atoms with Crippen molar-refractivity contribution < 1.29 is 0 Å². The van der Waals surface area contributed by atoms with Crippen molar-refractivity contribution in [2.75, 3.05) is 0 Å². The van der Waals surface area contributed by atoms with E-state index in [2.05, 4.69) is 24.3 Å². The lowest BCUT2D eigenvalue weighted by atomic mass is 10.4. The topological polar surface area (TPSA) is 0 Å². The first-order valence-electron chi connectivity index (χ1n) is 2.53. The summed E-state index contributed by atoms with van der Waals surface area (Å²) in [4.78, 5) is 0. The standard InChI is InChI=1S/C7H6/c1-2-4-7-5-6(7)3-1/h1-4H,5H2. The van der Waals surface area contributed by atoms with Crippen molar-refractivity contribution in [2.45, 2.75) is 6.42 Å². The van der Waals surface area contributed by atoms with Gasteiger partial charge in [0, 0.05) is 0 Å². The minimum atomic E-state index is 1.24. The molecule has 0 aromatic heterocycles. The van der Waals surface area contributed by atoms with Crippen LogP contribution in [0.4, 0.5) is 0 Å². The number of fused-ring (bicyclic) bond motifs is 1. The molecule has 1 aliphatic rings. The molecule has 0 nitrogen and oxygen atoms in total. The van der Waals surface area contributed by atoms with Gasteiger partial charge in [0.2, 0.25) is 0 Å². The lowest BCUT2D eigenvalue weighted by molar-refractivity contribution is 1.61. The quantitative estimate of drug-likeness (QED) is 0.461. The third kappa shape index (κ3) is 0.362. The smallest absolute Gasteiger partial charge is 0.00201 e. The molecule has 2 rings (SSSR count). The zero-order chi connectivity index (χ0) is 4.69. The lowest BCUT2D eigenvalue weighted by Gasteiger charge is -1.69. The highest BCUT2D eigenvalue weighted by atomic mass is 14.2. The van der Waals surface area contributed by atoms with Crippen molar-refractivity contribution in [3.63, 3.8) is 0 Å². The Bertz CT molecular complexity index is 168. The molecular weight excluding hydrogens is 84.1 g/mol. The summed E-state index contributed by atoms with van der Waals surface area (Å²) >= 11 is 0.